The Morgan fingerprint density at radius 1 is 0.789 bits per heavy atom. The van der Waals surface area contributed by atoms with Crippen molar-refractivity contribution in [2.75, 3.05) is 23.9 Å². The van der Waals surface area contributed by atoms with Crippen LogP contribution in [0, 0.1) is 12.8 Å². The van der Waals surface area contributed by atoms with Gasteiger partial charge >= 0.3 is 0 Å². The van der Waals surface area contributed by atoms with E-state index >= 15 is 0 Å². The number of allylic oxidation sites excluding steroid dienone is 2. The number of hydrogen-bond donors (Lipinski definition) is 0. The van der Waals surface area contributed by atoms with Crippen LogP contribution in [0.25, 0.3) is 11.1 Å². The van der Waals surface area contributed by atoms with Gasteiger partial charge in [0.05, 0.1) is 0 Å². The third-order valence-corrected chi connectivity index (χ3v) is 8.14. The molecule has 0 bridgehead atoms. The van der Waals surface area contributed by atoms with Crippen LogP contribution in [0.15, 0.2) is 91.2 Å². The quantitative estimate of drug-likeness (QED) is 0.239. The smallest absolute Gasteiger partial charge is 0.0478 e. The zero-order chi connectivity index (χ0) is 27.1. The van der Waals surface area contributed by atoms with E-state index in [0.717, 1.165) is 25.8 Å². The number of hydrogen-bond acceptors (Lipinski definition) is 2. The monoisotopic (exact) mass is 506 g/mol. The first-order valence-electron chi connectivity index (χ1n) is 14.4. The fraction of sp³-hybridized carbons (Fsp3) is 0.389. The zero-order valence-electron chi connectivity index (χ0n) is 24.1. The summed E-state index contributed by atoms with van der Waals surface area (Å²) < 4.78 is 0. The van der Waals surface area contributed by atoms with Crippen LogP contribution in [0.5, 0.6) is 0 Å². The van der Waals surface area contributed by atoms with Gasteiger partial charge in [0.1, 0.15) is 0 Å². The van der Waals surface area contributed by atoms with Gasteiger partial charge in [0.15, 0.2) is 0 Å². The van der Waals surface area contributed by atoms with Crippen molar-refractivity contribution in [3.05, 3.63) is 108 Å². The summed E-state index contributed by atoms with van der Waals surface area (Å²) in [5.74, 6) is 0.571. The molecule has 0 saturated heterocycles. The van der Waals surface area contributed by atoms with Gasteiger partial charge in [-0.05, 0) is 97.0 Å². The summed E-state index contributed by atoms with van der Waals surface area (Å²) in [6.07, 6.45) is 9.66. The van der Waals surface area contributed by atoms with Crippen LogP contribution in [0.3, 0.4) is 0 Å². The van der Waals surface area contributed by atoms with Crippen molar-refractivity contribution in [2.45, 2.75) is 71.8 Å². The lowest BCUT2D eigenvalue weighted by Crippen LogP contribution is -2.27. The van der Waals surface area contributed by atoms with Gasteiger partial charge in [-0.2, -0.15) is 0 Å². The Bertz CT molecular complexity index is 1210. The molecule has 0 amide bonds. The Morgan fingerprint density at radius 3 is 2.03 bits per heavy atom. The second kappa shape index (κ2) is 13.0. The molecule has 3 aromatic carbocycles. The van der Waals surface area contributed by atoms with E-state index in [1.54, 1.807) is 0 Å². The lowest BCUT2D eigenvalue weighted by atomic mass is 9.86. The highest BCUT2D eigenvalue weighted by molar-refractivity contribution is 5.66. The molecule has 38 heavy (non-hydrogen) atoms. The van der Waals surface area contributed by atoms with Crippen LogP contribution in [0.1, 0.15) is 68.6 Å². The molecule has 3 aromatic rings. The van der Waals surface area contributed by atoms with Gasteiger partial charge in [-0.25, -0.2) is 0 Å². The summed E-state index contributed by atoms with van der Waals surface area (Å²) in [6, 6.07) is 25.0. The molecule has 2 nitrogen and oxygen atoms in total. The van der Waals surface area contributed by atoms with Crippen molar-refractivity contribution >= 4 is 11.4 Å². The average Bonchev–Trinajstić information content (AvgIpc) is 2.94. The van der Waals surface area contributed by atoms with Gasteiger partial charge < -0.3 is 9.80 Å². The summed E-state index contributed by atoms with van der Waals surface area (Å²) in [5, 5.41) is 0. The molecule has 1 aliphatic rings. The van der Waals surface area contributed by atoms with Crippen LogP contribution in [0.4, 0.5) is 11.4 Å². The van der Waals surface area contributed by atoms with E-state index in [4.69, 9.17) is 6.58 Å². The minimum absolute atomic E-state index is 0.571. The van der Waals surface area contributed by atoms with E-state index in [1.807, 2.05) is 0 Å². The predicted octanol–water partition coefficient (Wildman–Crippen LogP) is 9.73. The SMILES string of the molecule is C=C(CC)CCc1cc(C)cc(N(Cc2ccc(-c3ccc(N(C)C)cc3)cc2)C(=C)C2CCCCC2)c1. The summed E-state index contributed by atoms with van der Waals surface area (Å²) >= 11 is 0. The Kier molecular flexibility index (Phi) is 9.50. The van der Waals surface area contributed by atoms with Crippen molar-refractivity contribution < 1.29 is 0 Å². The predicted molar refractivity (Wildman–Crippen MR) is 167 cm³/mol. The standard InChI is InChI=1S/C36H46N2/c1-7-27(2)13-14-31-23-28(3)24-36(25-31)38(29(4)32-11-9-8-10-12-32)26-30-15-17-33(18-16-30)34-19-21-35(22-20-34)37(5)6/h15-25,32H,2,4,7-14,26H2,1,3,5-6H3. The van der Waals surface area contributed by atoms with Crippen LogP contribution < -0.4 is 9.80 Å². The van der Waals surface area contributed by atoms with Crippen LogP contribution in [-0.4, -0.2) is 14.1 Å². The first kappa shape index (κ1) is 27.8. The molecule has 4 rings (SSSR count). The molecular formula is C36H46N2. The Balaban J connectivity index is 1.59. The highest BCUT2D eigenvalue weighted by atomic mass is 15.1. The zero-order valence-corrected chi connectivity index (χ0v) is 24.1. The van der Waals surface area contributed by atoms with Crippen molar-refractivity contribution in [1.29, 1.82) is 0 Å². The highest BCUT2D eigenvalue weighted by Gasteiger charge is 2.23. The number of aryl methyl sites for hydroxylation is 2. The fourth-order valence-electron chi connectivity index (χ4n) is 5.59. The van der Waals surface area contributed by atoms with Gasteiger partial charge in [0.2, 0.25) is 0 Å². The normalized spacial score (nSPS) is 13.8. The van der Waals surface area contributed by atoms with E-state index in [1.165, 1.54) is 82.6 Å². The molecule has 200 valence electrons. The molecule has 0 aromatic heterocycles. The first-order chi connectivity index (χ1) is 18.3. The van der Waals surface area contributed by atoms with Crippen LogP contribution >= 0.6 is 0 Å². The van der Waals surface area contributed by atoms with E-state index in [0.29, 0.717) is 5.92 Å². The number of benzene rings is 3. The van der Waals surface area contributed by atoms with Crippen LogP contribution in [0.2, 0.25) is 0 Å². The largest absolute Gasteiger partial charge is 0.378 e. The molecule has 0 aliphatic heterocycles. The van der Waals surface area contributed by atoms with Crippen molar-refractivity contribution in [2.24, 2.45) is 5.92 Å². The molecule has 0 N–H and O–H groups in total. The minimum Gasteiger partial charge on any atom is -0.378 e. The van der Waals surface area contributed by atoms with E-state index in [2.05, 4.69) is 111 Å². The van der Waals surface area contributed by atoms with Gasteiger partial charge in [0.25, 0.3) is 0 Å². The summed E-state index contributed by atoms with van der Waals surface area (Å²) in [7, 11) is 4.16. The van der Waals surface area contributed by atoms with Gasteiger partial charge in [-0.3, -0.25) is 0 Å². The van der Waals surface area contributed by atoms with Gasteiger partial charge in [0, 0.05) is 37.7 Å². The molecule has 0 radical (unpaired) electrons. The second-order valence-electron chi connectivity index (χ2n) is 11.3. The summed E-state index contributed by atoms with van der Waals surface area (Å²) in [5.41, 5.74) is 11.6. The first-order valence-corrected chi connectivity index (χ1v) is 14.4. The maximum absolute atomic E-state index is 4.69. The molecular weight excluding hydrogens is 460 g/mol. The third kappa shape index (κ3) is 7.19. The fourth-order valence-corrected chi connectivity index (χ4v) is 5.59. The number of nitrogens with zero attached hydrogens (tertiary/aromatic N) is 2. The molecule has 1 fully saturated rings. The van der Waals surface area contributed by atoms with Crippen molar-refractivity contribution in [3.63, 3.8) is 0 Å². The summed E-state index contributed by atoms with van der Waals surface area (Å²) in [6.45, 7) is 14.2. The Morgan fingerprint density at radius 2 is 1.42 bits per heavy atom. The maximum atomic E-state index is 4.69. The molecule has 1 saturated carbocycles. The topological polar surface area (TPSA) is 6.48 Å². The summed E-state index contributed by atoms with van der Waals surface area (Å²) in [4.78, 5) is 4.64. The third-order valence-electron chi connectivity index (χ3n) is 8.14. The molecule has 2 heteroatoms. The number of anilines is 2. The number of rotatable bonds is 11. The Labute approximate surface area is 231 Å². The van der Waals surface area contributed by atoms with Gasteiger partial charge in [-0.1, -0.05) is 87.4 Å². The molecule has 1 aliphatic carbocycles. The van der Waals surface area contributed by atoms with Gasteiger partial charge in [-0.15, -0.1) is 0 Å². The van der Waals surface area contributed by atoms with E-state index < -0.39 is 0 Å². The van der Waals surface area contributed by atoms with E-state index in [-0.39, 0.29) is 0 Å². The van der Waals surface area contributed by atoms with Crippen molar-refractivity contribution in [3.8, 4) is 11.1 Å². The van der Waals surface area contributed by atoms with Crippen molar-refractivity contribution in [1.82, 2.24) is 0 Å². The minimum atomic E-state index is 0.571. The Hall–Kier alpha value is -3.26. The highest BCUT2D eigenvalue weighted by Crippen LogP contribution is 2.35. The maximum Gasteiger partial charge on any atom is 0.0478 e. The lowest BCUT2D eigenvalue weighted by Gasteiger charge is -2.34. The second-order valence-corrected chi connectivity index (χ2v) is 11.3. The van der Waals surface area contributed by atoms with E-state index in [9.17, 15) is 0 Å². The molecule has 0 unspecified atom stereocenters. The molecule has 0 atom stereocenters. The lowest BCUT2D eigenvalue weighted by molar-refractivity contribution is 0.396. The molecule has 0 heterocycles. The average molecular weight is 507 g/mol. The van der Waals surface area contributed by atoms with Crippen LogP contribution in [-0.2, 0) is 13.0 Å². The molecule has 0 spiro atoms.